The van der Waals surface area contributed by atoms with Crippen molar-refractivity contribution in [3.63, 3.8) is 0 Å². The van der Waals surface area contributed by atoms with Crippen molar-refractivity contribution in [2.75, 3.05) is 12.3 Å². The second kappa shape index (κ2) is 6.45. The predicted octanol–water partition coefficient (Wildman–Crippen LogP) is 2.05. The molecule has 0 spiro atoms. The van der Waals surface area contributed by atoms with Crippen LogP contribution in [0.25, 0.3) is 0 Å². The van der Waals surface area contributed by atoms with Gasteiger partial charge in [-0.15, -0.1) is 11.8 Å². The van der Waals surface area contributed by atoms with E-state index in [0.29, 0.717) is 11.6 Å². The number of halogens is 3. The van der Waals surface area contributed by atoms with Crippen LogP contribution in [0.1, 0.15) is 19.4 Å². The lowest BCUT2D eigenvalue weighted by Gasteiger charge is -2.26. The summed E-state index contributed by atoms with van der Waals surface area (Å²) < 4.78 is 37.1. The Hall–Kier alpha value is -1.28. The molecule has 0 aliphatic heterocycles. The number of aromatic nitrogens is 1. The van der Waals surface area contributed by atoms with Crippen molar-refractivity contribution in [3.05, 3.63) is 23.9 Å². The quantitative estimate of drug-likeness (QED) is 0.789. The van der Waals surface area contributed by atoms with Gasteiger partial charge in [-0.1, -0.05) is 6.92 Å². The Bertz CT molecular complexity index is 464. The van der Waals surface area contributed by atoms with Gasteiger partial charge in [0.05, 0.1) is 10.6 Å². The van der Waals surface area contributed by atoms with Gasteiger partial charge in [0.2, 0.25) is 5.91 Å². The Balaban J connectivity index is 2.72. The van der Waals surface area contributed by atoms with Crippen LogP contribution in [0.4, 0.5) is 13.2 Å². The molecule has 0 bridgehead atoms. The second-order valence-corrected chi connectivity index (χ2v) is 5.39. The van der Waals surface area contributed by atoms with E-state index in [1.165, 1.54) is 17.8 Å². The largest absolute Gasteiger partial charge is 0.417 e. The van der Waals surface area contributed by atoms with Crippen molar-refractivity contribution in [2.24, 2.45) is 5.73 Å². The lowest BCUT2D eigenvalue weighted by molar-refractivity contribution is -0.137. The topological polar surface area (TPSA) is 68.0 Å². The van der Waals surface area contributed by atoms with Gasteiger partial charge < -0.3 is 11.1 Å². The number of primary amides is 1. The Morgan fingerprint density at radius 3 is 2.50 bits per heavy atom. The number of thioether (sulfide) groups is 1. The summed E-state index contributed by atoms with van der Waals surface area (Å²) in [6.45, 7) is 4.04. The minimum absolute atomic E-state index is 0.286. The number of rotatable bonds is 6. The van der Waals surface area contributed by atoms with Gasteiger partial charge in [-0.2, -0.15) is 13.2 Å². The Morgan fingerprint density at radius 1 is 1.45 bits per heavy atom. The first-order chi connectivity index (χ1) is 9.19. The van der Waals surface area contributed by atoms with Crippen LogP contribution >= 0.6 is 11.8 Å². The summed E-state index contributed by atoms with van der Waals surface area (Å²) in [5, 5.41) is 3.37. The third kappa shape index (κ3) is 4.38. The maximum Gasteiger partial charge on any atom is 0.417 e. The van der Waals surface area contributed by atoms with Gasteiger partial charge in [0.1, 0.15) is 5.54 Å². The van der Waals surface area contributed by atoms with E-state index in [-0.39, 0.29) is 5.75 Å². The highest BCUT2D eigenvalue weighted by atomic mass is 32.2. The highest BCUT2D eigenvalue weighted by Crippen LogP contribution is 2.30. The minimum Gasteiger partial charge on any atom is -0.368 e. The van der Waals surface area contributed by atoms with Gasteiger partial charge in [-0.3, -0.25) is 4.79 Å². The molecular formula is C12H16F3N3OS. The van der Waals surface area contributed by atoms with Gasteiger partial charge >= 0.3 is 6.18 Å². The Kier molecular flexibility index (Phi) is 5.41. The molecular weight excluding hydrogens is 291 g/mol. The summed E-state index contributed by atoms with van der Waals surface area (Å²) in [7, 11) is 0. The van der Waals surface area contributed by atoms with Crippen LogP contribution in [0.5, 0.6) is 0 Å². The molecule has 1 amide bonds. The molecule has 0 fully saturated rings. The molecule has 0 aromatic carbocycles. The fraction of sp³-hybridized carbons (Fsp3) is 0.500. The highest BCUT2D eigenvalue weighted by Gasteiger charge is 2.32. The average molecular weight is 307 g/mol. The van der Waals surface area contributed by atoms with Crippen LogP contribution in [0.15, 0.2) is 23.4 Å². The fourth-order valence-electron chi connectivity index (χ4n) is 1.45. The monoisotopic (exact) mass is 307 g/mol. The fourth-order valence-corrected chi connectivity index (χ4v) is 2.42. The zero-order valence-electron chi connectivity index (χ0n) is 11.1. The summed E-state index contributed by atoms with van der Waals surface area (Å²) in [6.07, 6.45) is -3.63. The molecule has 3 N–H and O–H groups in total. The number of alkyl halides is 3. The summed E-state index contributed by atoms with van der Waals surface area (Å²) in [5.74, 6) is -0.229. The van der Waals surface area contributed by atoms with Crippen molar-refractivity contribution in [3.8, 4) is 0 Å². The number of nitrogens with two attached hydrogens (primary N) is 1. The molecule has 0 aliphatic carbocycles. The summed E-state index contributed by atoms with van der Waals surface area (Å²) >= 11 is 1.17. The molecule has 1 aromatic heterocycles. The summed E-state index contributed by atoms with van der Waals surface area (Å²) in [6, 6.07) is 2.24. The van der Waals surface area contributed by atoms with Gasteiger partial charge in [0.15, 0.2) is 0 Å². The van der Waals surface area contributed by atoms with Crippen LogP contribution in [0, 0.1) is 0 Å². The van der Waals surface area contributed by atoms with Crippen molar-refractivity contribution in [2.45, 2.75) is 30.6 Å². The van der Waals surface area contributed by atoms with Crippen LogP contribution in [-0.2, 0) is 11.0 Å². The lowest BCUT2D eigenvalue weighted by atomic mass is 10.1. The first kappa shape index (κ1) is 16.8. The molecule has 4 nitrogen and oxygen atoms in total. The van der Waals surface area contributed by atoms with Crippen molar-refractivity contribution >= 4 is 17.7 Å². The van der Waals surface area contributed by atoms with Gasteiger partial charge in [0, 0.05) is 11.9 Å². The molecule has 1 heterocycles. The average Bonchev–Trinajstić information content (AvgIpc) is 2.36. The third-order valence-corrected chi connectivity index (χ3v) is 3.94. The number of hydrogen-bond donors (Lipinski definition) is 2. The molecule has 0 aliphatic rings. The Morgan fingerprint density at radius 2 is 2.10 bits per heavy atom. The zero-order valence-corrected chi connectivity index (χ0v) is 11.9. The molecule has 8 heteroatoms. The SMILES string of the molecule is CCNC(C)(CSc1ccc(C(F)(F)F)cn1)C(N)=O. The molecule has 0 saturated heterocycles. The van der Waals surface area contributed by atoms with Gasteiger partial charge in [-0.05, 0) is 25.6 Å². The van der Waals surface area contributed by atoms with E-state index in [0.717, 1.165) is 12.3 Å². The van der Waals surface area contributed by atoms with Crippen LogP contribution in [0.3, 0.4) is 0 Å². The molecule has 0 saturated carbocycles. The maximum atomic E-state index is 12.4. The smallest absolute Gasteiger partial charge is 0.368 e. The van der Waals surface area contributed by atoms with E-state index in [4.69, 9.17) is 5.73 Å². The molecule has 112 valence electrons. The van der Waals surface area contributed by atoms with Crippen molar-refractivity contribution < 1.29 is 18.0 Å². The van der Waals surface area contributed by atoms with Crippen molar-refractivity contribution in [1.29, 1.82) is 0 Å². The zero-order chi connectivity index (χ0) is 15.4. The standard InChI is InChI=1S/C12H16F3N3OS/c1-3-18-11(2,10(16)19)7-20-9-5-4-8(6-17-9)12(13,14)15/h4-6,18H,3,7H2,1-2H3,(H2,16,19). The molecule has 0 radical (unpaired) electrons. The van der Waals surface area contributed by atoms with E-state index < -0.39 is 23.2 Å². The van der Waals surface area contributed by atoms with E-state index >= 15 is 0 Å². The Labute approximate surface area is 119 Å². The number of hydrogen-bond acceptors (Lipinski definition) is 4. The first-order valence-electron chi connectivity index (χ1n) is 5.90. The highest BCUT2D eigenvalue weighted by molar-refractivity contribution is 7.99. The molecule has 1 atom stereocenters. The molecule has 1 aromatic rings. The number of carbonyl (C=O) groups excluding carboxylic acids is 1. The number of amides is 1. The van der Waals surface area contributed by atoms with Crippen LogP contribution in [0.2, 0.25) is 0 Å². The third-order valence-electron chi connectivity index (χ3n) is 2.68. The maximum absolute atomic E-state index is 12.4. The van der Waals surface area contributed by atoms with Crippen LogP contribution < -0.4 is 11.1 Å². The van der Waals surface area contributed by atoms with Gasteiger partial charge in [-0.25, -0.2) is 4.98 Å². The number of carbonyl (C=O) groups is 1. The summed E-state index contributed by atoms with van der Waals surface area (Å²) in [5.41, 5.74) is 3.59. The van der Waals surface area contributed by atoms with E-state index in [1.54, 1.807) is 6.92 Å². The van der Waals surface area contributed by atoms with Crippen LogP contribution in [-0.4, -0.2) is 28.7 Å². The molecule has 1 rings (SSSR count). The van der Waals surface area contributed by atoms with Crippen molar-refractivity contribution in [1.82, 2.24) is 10.3 Å². The first-order valence-corrected chi connectivity index (χ1v) is 6.88. The summed E-state index contributed by atoms with van der Waals surface area (Å²) in [4.78, 5) is 15.1. The molecule has 1 unspecified atom stereocenters. The normalized spacial score (nSPS) is 14.8. The predicted molar refractivity (Wildman–Crippen MR) is 71.2 cm³/mol. The van der Waals surface area contributed by atoms with E-state index in [9.17, 15) is 18.0 Å². The second-order valence-electron chi connectivity index (χ2n) is 4.40. The number of nitrogens with zero attached hydrogens (tertiary/aromatic N) is 1. The van der Waals surface area contributed by atoms with E-state index in [2.05, 4.69) is 10.3 Å². The molecule has 20 heavy (non-hydrogen) atoms. The number of pyridine rings is 1. The number of likely N-dealkylation sites (N-methyl/N-ethyl adjacent to an activating group) is 1. The van der Waals surface area contributed by atoms with Gasteiger partial charge in [0.25, 0.3) is 0 Å². The van der Waals surface area contributed by atoms with E-state index in [1.807, 2.05) is 6.92 Å². The lowest BCUT2D eigenvalue weighted by Crippen LogP contribution is -2.55. The number of nitrogens with one attached hydrogen (secondary N) is 1. The minimum atomic E-state index is -4.40.